The van der Waals surface area contributed by atoms with E-state index in [0.29, 0.717) is 12.5 Å². The maximum Gasteiger partial charge on any atom is 0.225 e. The predicted octanol–water partition coefficient (Wildman–Crippen LogP) is 0.657. The Kier molecular flexibility index (Phi) is 4.18. The maximum absolute atomic E-state index is 11.8. The molecular formula is C12H22N2O2. The zero-order valence-corrected chi connectivity index (χ0v) is 9.78. The molecule has 0 aromatic rings. The Labute approximate surface area is 96.9 Å². The van der Waals surface area contributed by atoms with Crippen molar-refractivity contribution in [1.29, 1.82) is 0 Å². The van der Waals surface area contributed by atoms with Crippen LogP contribution in [-0.2, 0) is 9.53 Å². The van der Waals surface area contributed by atoms with Crippen LogP contribution in [0.3, 0.4) is 0 Å². The fraction of sp³-hybridized carbons (Fsp3) is 0.917. The van der Waals surface area contributed by atoms with Crippen LogP contribution in [0.25, 0.3) is 0 Å². The number of amides is 1. The fourth-order valence-corrected chi connectivity index (χ4v) is 2.61. The minimum Gasteiger partial charge on any atom is -0.381 e. The average Bonchev–Trinajstić information content (AvgIpc) is 2.81. The molecule has 1 heterocycles. The van der Waals surface area contributed by atoms with Gasteiger partial charge in [0.05, 0.1) is 12.5 Å². The topological polar surface area (TPSA) is 64.3 Å². The zero-order chi connectivity index (χ0) is 11.4. The summed E-state index contributed by atoms with van der Waals surface area (Å²) in [6.07, 6.45) is 5.61. The lowest BCUT2D eigenvalue weighted by molar-refractivity contribution is -0.125. The van der Waals surface area contributed by atoms with Gasteiger partial charge in [0.15, 0.2) is 0 Å². The van der Waals surface area contributed by atoms with Gasteiger partial charge in [0, 0.05) is 19.2 Å². The van der Waals surface area contributed by atoms with E-state index in [9.17, 15) is 4.79 Å². The summed E-state index contributed by atoms with van der Waals surface area (Å²) in [5, 5.41) is 3.03. The first-order valence-corrected chi connectivity index (χ1v) is 6.38. The molecule has 0 aromatic carbocycles. The van der Waals surface area contributed by atoms with Crippen molar-refractivity contribution in [3.05, 3.63) is 0 Å². The number of ether oxygens (including phenoxy) is 1. The molecule has 2 aliphatic rings. The molecule has 1 saturated carbocycles. The van der Waals surface area contributed by atoms with Gasteiger partial charge in [-0.15, -0.1) is 0 Å². The van der Waals surface area contributed by atoms with Gasteiger partial charge in [0.1, 0.15) is 0 Å². The van der Waals surface area contributed by atoms with Crippen LogP contribution in [0, 0.1) is 11.8 Å². The van der Waals surface area contributed by atoms with Crippen molar-refractivity contribution in [1.82, 2.24) is 5.32 Å². The highest BCUT2D eigenvalue weighted by atomic mass is 16.5. The van der Waals surface area contributed by atoms with E-state index in [1.54, 1.807) is 0 Å². The number of nitrogens with one attached hydrogen (secondary N) is 1. The number of carbonyl (C=O) groups excluding carboxylic acids is 1. The van der Waals surface area contributed by atoms with E-state index in [0.717, 1.165) is 32.4 Å². The van der Waals surface area contributed by atoms with Gasteiger partial charge in [-0.1, -0.05) is 12.8 Å². The molecule has 16 heavy (non-hydrogen) atoms. The smallest absolute Gasteiger partial charge is 0.225 e. The van der Waals surface area contributed by atoms with E-state index in [1.165, 1.54) is 12.8 Å². The molecule has 0 spiro atoms. The third kappa shape index (κ3) is 2.95. The first-order chi connectivity index (χ1) is 7.77. The lowest BCUT2D eigenvalue weighted by atomic mass is 9.85. The Morgan fingerprint density at radius 3 is 2.81 bits per heavy atom. The van der Waals surface area contributed by atoms with Gasteiger partial charge in [0.25, 0.3) is 0 Å². The summed E-state index contributed by atoms with van der Waals surface area (Å²) in [6.45, 7) is 2.06. The molecule has 1 amide bonds. The standard InChI is InChI=1S/C12H22N2O2/c13-11-4-2-1-3-9(11)7-14-12(15)10-5-6-16-8-10/h9-11H,1-8,13H2,(H,14,15). The van der Waals surface area contributed by atoms with Crippen LogP contribution in [-0.4, -0.2) is 31.7 Å². The van der Waals surface area contributed by atoms with Crippen LogP contribution in [0.2, 0.25) is 0 Å². The Morgan fingerprint density at radius 2 is 2.12 bits per heavy atom. The summed E-state index contributed by atoms with van der Waals surface area (Å²) in [5.74, 6) is 0.690. The molecule has 1 aliphatic heterocycles. The summed E-state index contributed by atoms with van der Waals surface area (Å²) in [7, 11) is 0. The van der Waals surface area contributed by atoms with Crippen molar-refractivity contribution in [3.63, 3.8) is 0 Å². The minimum absolute atomic E-state index is 0.0693. The first-order valence-electron chi connectivity index (χ1n) is 6.38. The third-order valence-corrected chi connectivity index (χ3v) is 3.81. The molecule has 3 N–H and O–H groups in total. The van der Waals surface area contributed by atoms with Gasteiger partial charge in [-0.25, -0.2) is 0 Å². The average molecular weight is 226 g/mol. The molecule has 3 atom stereocenters. The molecule has 4 heteroatoms. The Balaban J connectivity index is 1.71. The molecule has 0 bridgehead atoms. The molecular weight excluding hydrogens is 204 g/mol. The lowest BCUT2D eigenvalue weighted by Gasteiger charge is -2.28. The van der Waals surface area contributed by atoms with Crippen LogP contribution >= 0.6 is 0 Å². The zero-order valence-electron chi connectivity index (χ0n) is 9.78. The SMILES string of the molecule is NC1CCCCC1CNC(=O)C1CCOC1. The third-order valence-electron chi connectivity index (χ3n) is 3.81. The van der Waals surface area contributed by atoms with E-state index in [2.05, 4.69) is 5.32 Å². The normalized spacial score (nSPS) is 34.9. The molecule has 3 unspecified atom stereocenters. The number of nitrogens with two attached hydrogens (primary N) is 1. The number of carbonyl (C=O) groups is 1. The molecule has 0 aromatic heterocycles. The number of hydrogen-bond donors (Lipinski definition) is 2. The van der Waals surface area contributed by atoms with Crippen molar-refractivity contribution < 1.29 is 9.53 Å². The number of rotatable bonds is 3. The maximum atomic E-state index is 11.8. The molecule has 1 saturated heterocycles. The van der Waals surface area contributed by atoms with Gasteiger partial charge < -0.3 is 15.8 Å². The van der Waals surface area contributed by atoms with Crippen LogP contribution in [0.5, 0.6) is 0 Å². The van der Waals surface area contributed by atoms with E-state index in [-0.39, 0.29) is 17.9 Å². The van der Waals surface area contributed by atoms with Gasteiger partial charge in [-0.3, -0.25) is 4.79 Å². The minimum atomic E-state index is 0.0693. The van der Waals surface area contributed by atoms with E-state index >= 15 is 0 Å². The highest BCUT2D eigenvalue weighted by molar-refractivity contribution is 5.78. The highest BCUT2D eigenvalue weighted by Crippen LogP contribution is 2.22. The monoisotopic (exact) mass is 226 g/mol. The second-order valence-electron chi connectivity index (χ2n) is 5.01. The van der Waals surface area contributed by atoms with Crippen molar-refractivity contribution in [2.75, 3.05) is 19.8 Å². The second kappa shape index (κ2) is 5.64. The van der Waals surface area contributed by atoms with Gasteiger partial charge in [0.2, 0.25) is 5.91 Å². The highest BCUT2D eigenvalue weighted by Gasteiger charge is 2.26. The van der Waals surface area contributed by atoms with Crippen molar-refractivity contribution in [2.45, 2.75) is 38.1 Å². The summed E-state index contributed by atoms with van der Waals surface area (Å²) < 4.78 is 5.21. The van der Waals surface area contributed by atoms with E-state index in [4.69, 9.17) is 10.5 Å². The van der Waals surface area contributed by atoms with E-state index < -0.39 is 0 Å². The summed E-state index contributed by atoms with van der Waals surface area (Å²) in [4.78, 5) is 11.8. The van der Waals surface area contributed by atoms with E-state index in [1.807, 2.05) is 0 Å². The van der Waals surface area contributed by atoms with Gasteiger partial charge in [-0.05, 0) is 25.2 Å². The molecule has 1 aliphatic carbocycles. The largest absolute Gasteiger partial charge is 0.381 e. The Morgan fingerprint density at radius 1 is 1.31 bits per heavy atom. The van der Waals surface area contributed by atoms with Crippen LogP contribution in [0.4, 0.5) is 0 Å². The van der Waals surface area contributed by atoms with Crippen LogP contribution in [0.1, 0.15) is 32.1 Å². The molecule has 2 rings (SSSR count). The van der Waals surface area contributed by atoms with Crippen LogP contribution < -0.4 is 11.1 Å². The predicted molar refractivity (Wildman–Crippen MR) is 61.9 cm³/mol. The molecule has 4 nitrogen and oxygen atoms in total. The quantitative estimate of drug-likeness (QED) is 0.743. The van der Waals surface area contributed by atoms with Crippen molar-refractivity contribution >= 4 is 5.91 Å². The van der Waals surface area contributed by atoms with Gasteiger partial charge >= 0.3 is 0 Å². The first kappa shape index (κ1) is 11.9. The van der Waals surface area contributed by atoms with Gasteiger partial charge in [-0.2, -0.15) is 0 Å². The second-order valence-corrected chi connectivity index (χ2v) is 5.01. The Hall–Kier alpha value is -0.610. The summed E-state index contributed by atoms with van der Waals surface area (Å²) >= 11 is 0. The number of hydrogen-bond acceptors (Lipinski definition) is 3. The summed E-state index contributed by atoms with van der Waals surface area (Å²) in [5.41, 5.74) is 6.04. The molecule has 92 valence electrons. The fourth-order valence-electron chi connectivity index (χ4n) is 2.61. The Bertz CT molecular complexity index is 239. The summed E-state index contributed by atoms with van der Waals surface area (Å²) in [6, 6.07) is 0.272. The van der Waals surface area contributed by atoms with Crippen molar-refractivity contribution in [2.24, 2.45) is 17.6 Å². The van der Waals surface area contributed by atoms with Crippen LogP contribution in [0.15, 0.2) is 0 Å². The van der Waals surface area contributed by atoms with Crippen molar-refractivity contribution in [3.8, 4) is 0 Å². The molecule has 2 fully saturated rings. The molecule has 0 radical (unpaired) electrons. The lowest BCUT2D eigenvalue weighted by Crippen LogP contribution is -2.42.